The second-order valence-electron chi connectivity index (χ2n) is 5.16. The number of rotatable bonds is 3. The van der Waals surface area contributed by atoms with Crippen molar-refractivity contribution >= 4 is 18.3 Å². The summed E-state index contributed by atoms with van der Waals surface area (Å²) in [7, 11) is 0. The molecule has 1 aliphatic rings. The Balaban J connectivity index is 0.00000200. The van der Waals surface area contributed by atoms with Crippen molar-refractivity contribution in [3.8, 4) is 5.75 Å². The van der Waals surface area contributed by atoms with Crippen LogP contribution in [0.2, 0.25) is 0 Å². The standard InChI is InChI=1S/C15H22N2O2.ClH/c1-11-5-4-6-14(9-11)19-13(3)15(18)17-8-7-16-10-12(17)2;/h4-6,9,12-13,16H,7-8,10H2,1-3H3;1H. The monoisotopic (exact) mass is 298 g/mol. The summed E-state index contributed by atoms with van der Waals surface area (Å²) in [6.45, 7) is 8.35. The van der Waals surface area contributed by atoms with E-state index >= 15 is 0 Å². The van der Waals surface area contributed by atoms with Crippen molar-refractivity contribution in [1.82, 2.24) is 10.2 Å². The maximum atomic E-state index is 12.4. The predicted octanol–water partition coefficient (Wildman–Crippen LogP) is 2.00. The van der Waals surface area contributed by atoms with Crippen LogP contribution in [0.15, 0.2) is 24.3 Å². The summed E-state index contributed by atoms with van der Waals surface area (Å²) in [5.74, 6) is 0.819. The van der Waals surface area contributed by atoms with Crippen molar-refractivity contribution in [3.63, 3.8) is 0 Å². The molecule has 112 valence electrons. The molecule has 1 aromatic carbocycles. The first-order valence-electron chi connectivity index (χ1n) is 6.82. The minimum Gasteiger partial charge on any atom is -0.481 e. The van der Waals surface area contributed by atoms with E-state index in [0.717, 1.165) is 30.9 Å². The second kappa shape index (κ2) is 7.50. The molecule has 0 saturated carbocycles. The number of carbonyl (C=O) groups excluding carboxylic acids is 1. The van der Waals surface area contributed by atoms with Gasteiger partial charge < -0.3 is 15.0 Å². The van der Waals surface area contributed by atoms with E-state index < -0.39 is 6.10 Å². The van der Waals surface area contributed by atoms with Gasteiger partial charge >= 0.3 is 0 Å². The van der Waals surface area contributed by atoms with Gasteiger partial charge in [-0.1, -0.05) is 12.1 Å². The third-order valence-electron chi connectivity index (χ3n) is 3.43. The molecule has 1 amide bonds. The van der Waals surface area contributed by atoms with E-state index in [0.29, 0.717) is 0 Å². The van der Waals surface area contributed by atoms with Crippen LogP contribution in [-0.2, 0) is 4.79 Å². The van der Waals surface area contributed by atoms with Gasteiger partial charge in [0, 0.05) is 25.7 Å². The highest BCUT2D eigenvalue weighted by Gasteiger charge is 2.27. The molecule has 5 heteroatoms. The number of amides is 1. The number of nitrogens with one attached hydrogen (secondary N) is 1. The highest BCUT2D eigenvalue weighted by molar-refractivity contribution is 5.85. The number of ether oxygens (including phenoxy) is 1. The Morgan fingerprint density at radius 1 is 1.50 bits per heavy atom. The van der Waals surface area contributed by atoms with Gasteiger partial charge in [0.05, 0.1) is 0 Å². The Morgan fingerprint density at radius 2 is 2.25 bits per heavy atom. The van der Waals surface area contributed by atoms with Crippen molar-refractivity contribution in [2.24, 2.45) is 0 Å². The van der Waals surface area contributed by atoms with Gasteiger partial charge in [-0.25, -0.2) is 0 Å². The first-order chi connectivity index (χ1) is 9.08. The quantitative estimate of drug-likeness (QED) is 0.928. The summed E-state index contributed by atoms with van der Waals surface area (Å²) in [5.41, 5.74) is 1.13. The second-order valence-corrected chi connectivity index (χ2v) is 5.16. The molecule has 0 bridgehead atoms. The summed E-state index contributed by atoms with van der Waals surface area (Å²) < 4.78 is 5.75. The average molecular weight is 299 g/mol. The zero-order valence-electron chi connectivity index (χ0n) is 12.3. The van der Waals surface area contributed by atoms with E-state index in [2.05, 4.69) is 12.2 Å². The molecule has 0 spiro atoms. The van der Waals surface area contributed by atoms with Gasteiger partial charge in [-0.05, 0) is 38.5 Å². The Morgan fingerprint density at radius 3 is 2.90 bits per heavy atom. The molecular formula is C15H23ClN2O2. The molecule has 0 radical (unpaired) electrons. The zero-order chi connectivity index (χ0) is 13.8. The fourth-order valence-corrected chi connectivity index (χ4v) is 2.35. The molecule has 0 aliphatic carbocycles. The van der Waals surface area contributed by atoms with Crippen molar-refractivity contribution in [2.45, 2.75) is 32.9 Å². The number of nitrogens with zero attached hydrogens (tertiary/aromatic N) is 1. The van der Waals surface area contributed by atoms with Crippen LogP contribution in [0.4, 0.5) is 0 Å². The van der Waals surface area contributed by atoms with Gasteiger partial charge in [0.25, 0.3) is 5.91 Å². The molecule has 0 aromatic heterocycles. The third-order valence-corrected chi connectivity index (χ3v) is 3.43. The van der Waals surface area contributed by atoms with E-state index in [-0.39, 0.29) is 24.4 Å². The first kappa shape index (κ1) is 16.8. The van der Waals surface area contributed by atoms with E-state index in [1.165, 1.54) is 0 Å². The van der Waals surface area contributed by atoms with Gasteiger partial charge in [-0.2, -0.15) is 0 Å². The fraction of sp³-hybridized carbons (Fsp3) is 0.533. The van der Waals surface area contributed by atoms with E-state index in [1.54, 1.807) is 0 Å². The van der Waals surface area contributed by atoms with Crippen LogP contribution in [-0.4, -0.2) is 42.6 Å². The molecular weight excluding hydrogens is 276 g/mol. The lowest BCUT2D eigenvalue weighted by atomic mass is 10.2. The minimum absolute atomic E-state index is 0. The topological polar surface area (TPSA) is 41.6 Å². The van der Waals surface area contributed by atoms with E-state index in [1.807, 2.05) is 43.0 Å². The number of benzene rings is 1. The molecule has 2 unspecified atom stereocenters. The first-order valence-corrected chi connectivity index (χ1v) is 6.82. The summed E-state index contributed by atoms with van der Waals surface area (Å²) >= 11 is 0. The van der Waals surface area contributed by atoms with Crippen molar-refractivity contribution in [2.75, 3.05) is 19.6 Å². The average Bonchev–Trinajstić information content (AvgIpc) is 2.38. The lowest BCUT2D eigenvalue weighted by Crippen LogP contribution is -2.55. The number of piperazine rings is 1. The summed E-state index contributed by atoms with van der Waals surface area (Å²) in [4.78, 5) is 14.3. The Bertz CT molecular complexity index is 453. The van der Waals surface area contributed by atoms with Gasteiger partial charge in [-0.15, -0.1) is 12.4 Å². The maximum Gasteiger partial charge on any atom is 0.263 e. The molecule has 2 atom stereocenters. The smallest absolute Gasteiger partial charge is 0.263 e. The lowest BCUT2D eigenvalue weighted by Gasteiger charge is -2.35. The molecule has 1 saturated heterocycles. The van der Waals surface area contributed by atoms with Crippen molar-refractivity contribution in [3.05, 3.63) is 29.8 Å². The summed E-state index contributed by atoms with van der Waals surface area (Å²) in [6, 6.07) is 8.01. The molecule has 1 aromatic rings. The SMILES string of the molecule is Cc1cccc(OC(C)C(=O)N2CCNCC2C)c1.Cl. The summed E-state index contributed by atoms with van der Waals surface area (Å²) in [5, 5.41) is 3.28. The molecule has 20 heavy (non-hydrogen) atoms. The Hall–Kier alpha value is -1.26. The minimum atomic E-state index is -0.442. The number of carbonyl (C=O) groups is 1. The Kier molecular flexibility index (Phi) is 6.30. The van der Waals surface area contributed by atoms with E-state index in [4.69, 9.17) is 4.74 Å². The van der Waals surface area contributed by atoms with Crippen LogP contribution in [0.25, 0.3) is 0 Å². The number of aryl methyl sites for hydroxylation is 1. The van der Waals surface area contributed by atoms with Gasteiger partial charge in [-0.3, -0.25) is 4.79 Å². The Labute approximate surface area is 126 Å². The fourth-order valence-electron chi connectivity index (χ4n) is 2.35. The predicted molar refractivity (Wildman–Crippen MR) is 82.6 cm³/mol. The number of hydrogen-bond donors (Lipinski definition) is 1. The van der Waals surface area contributed by atoms with Crippen LogP contribution in [0.5, 0.6) is 5.75 Å². The molecule has 2 rings (SSSR count). The van der Waals surface area contributed by atoms with Crippen molar-refractivity contribution < 1.29 is 9.53 Å². The highest BCUT2D eigenvalue weighted by Crippen LogP contribution is 2.16. The van der Waals surface area contributed by atoms with Crippen LogP contribution < -0.4 is 10.1 Å². The molecule has 4 nitrogen and oxygen atoms in total. The van der Waals surface area contributed by atoms with Gasteiger partial charge in [0.15, 0.2) is 6.10 Å². The van der Waals surface area contributed by atoms with Gasteiger partial charge in [0.2, 0.25) is 0 Å². The summed E-state index contributed by atoms with van der Waals surface area (Å²) in [6.07, 6.45) is -0.442. The van der Waals surface area contributed by atoms with E-state index in [9.17, 15) is 4.79 Å². The van der Waals surface area contributed by atoms with Crippen LogP contribution in [0, 0.1) is 6.92 Å². The third kappa shape index (κ3) is 4.12. The van der Waals surface area contributed by atoms with Gasteiger partial charge in [0.1, 0.15) is 5.75 Å². The van der Waals surface area contributed by atoms with Crippen LogP contribution >= 0.6 is 12.4 Å². The molecule has 1 heterocycles. The van der Waals surface area contributed by atoms with Crippen LogP contribution in [0.3, 0.4) is 0 Å². The normalized spacial score (nSPS) is 19.9. The maximum absolute atomic E-state index is 12.4. The molecule has 1 fully saturated rings. The largest absolute Gasteiger partial charge is 0.481 e. The highest BCUT2D eigenvalue weighted by atomic mass is 35.5. The van der Waals surface area contributed by atoms with Crippen LogP contribution in [0.1, 0.15) is 19.4 Å². The molecule has 1 N–H and O–H groups in total. The number of hydrogen-bond acceptors (Lipinski definition) is 3. The zero-order valence-corrected chi connectivity index (χ0v) is 13.1. The van der Waals surface area contributed by atoms with Crippen molar-refractivity contribution in [1.29, 1.82) is 0 Å². The molecule has 1 aliphatic heterocycles. The lowest BCUT2D eigenvalue weighted by molar-refractivity contribution is -0.140. The number of halogens is 1.